The van der Waals surface area contributed by atoms with E-state index in [0.29, 0.717) is 6.04 Å². The van der Waals surface area contributed by atoms with E-state index in [1.54, 1.807) is 0 Å². The molecule has 0 aliphatic heterocycles. The first kappa shape index (κ1) is 14.6. The zero-order valence-electron chi connectivity index (χ0n) is 12.8. The molecule has 0 amide bonds. The lowest BCUT2D eigenvalue weighted by Crippen LogP contribution is -2.37. The molecule has 3 unspecified atom stereocenters. The molecule has 0 aromatic heterocycles. The smallest absolute Gasteiger partial charge is 0.0136 e. The van der Waals surface area contributed by atoms with Crippen LogP contribution in [0.4, 0.5) is 0 Å². The molecule has 19 heavy (non-hydrogen) atoms. The summed E-state index contributed by atoms with van der Waals surface area (Å²) in [5, 5.41) is 3.74. The Balaban J connectivity index is 2.00. The highest BCUT2D eigenvalue weighted by Gasteiger charge is 2.29. The molecule has 0 radical (unpaired) electrons. The standard InChI is InChI=1S/C18H29N/c1-4-15-9-10-17(12-15)18(19-5-2)13-16-8-6-7-14(3)11-16/h6-8,11,15,17-19H,4-5,9-10,12-13H2,1-3H3. The first-order valence-electron chi connectivity index (χ1n) is 8.01. The Morgan fingerprint density at radius 2 is 2.11 bits per heavy atom. The van der Waals surface area contributed by atoms with Crippen LogP contribution in [0.1, 0.15) is 50.7 Å². The Hall–Kier alpha value is -0.820. The second kappa shape index (κ2) is 7.09. The first-order chi connectivity index (χ1) is 9.22. The molecule has 1 N–H and O–H groups in total. The summed E-state index contributed by atoms with van der Waals surface area (Å²) < 4.78 is 0. The highest BCUT2D eigenvalue weighted by molar-refractivity contribution is 5.23. The van der Waals surface area contributed by atoms with Crippen molar-refractivity contribution in [2.75, 3.05) is 6.54 Å². The van der Waals surface area contributed by atoms with Crippen molar-refractivity contribution in [3.8, 4) is 0 Å². The van der Waals surface area contributed by atoms with Gasteiger partial charge in [0.05, 0.1) is 0 Å². The van der Waals surface area contributed by atoms with E-state index in [9.17, 15) is 0 Å². The van der Waals surface area contributed by atoms with Crippen molar-refractivity contribution in [1.82, 2.24) is 5.32 Å². The highest BCUT2D eigenvalue weighted by atomic mass is 14.9. The third-order valence-corrected chi connectivity index (χ3v) is 4.73. The normalized spacial score (nSPS) is 24.6. The Kier molecular flexibility index (Phi) is 5.45. The molecule has 1 aromatic carbocycles. The van der Waals surface area contributed by atoms with Gasteiger partial charge in [-0.15, -0.1) is 0 Å². The van der Waals surface area contributed by atoms with Gasteiger partial charge < -0.3 is 5.32 Å². The summed E-state index contributed by atoms with van der Waals surface area (Å²) in [5.41, 5.74) is 2.87. The van der Waals surface area contributed by atoms with Crippen molar-refractivity contribution < 1.29 is 0 Å². The predicted molar refractivity (Wildman–Crippen MR) is 83.5 cm³/mol. The molecule has 1 fully saturated rings. The molecule has 0 bridgehead atoms. The Bertz CT molecular complexity index is 385. The summed E-state index contributed by atoms with van der Waals surface area (Å²) in [7, 11) is 0. The van der Waals surface area contributed by atoms with Gasteiger partial charge >= 0.3 is 0 Å². The fourth-order valence-electron chi connectivity index (χ4n) is 3.61. The summed E-state index contributed by atoms with van der Waals surface area (Å²) in [5.74, 6) is 1.86. The van der Waals surface area contributed by atoms with Crippen molar-refractivity contribution >= 4 is 0 Å². The van der Waals surface area contributed by atoms with Crippen LogP contribution < -0.4 is 5.32 Å². The highest BCUT2D eigenvalue weighted by Crippen LogP contribution is 2.35. The van der Waals surface area contributed by atoms with E-state index in [2.05, 4.69) is 50.4 Å². The van der Waals surface area contributed by atoms with E-state index in [0.717, 1.165) is 18.4 Å². The number of aryl methyl sites for hydroxylation is 1. The lowest BCUT2D eigenvalue weighted by Gasteiger charge is -2.25. The van der Waals surface area contributed by atoms with Crippen LogP contribution in [0, 0.1) is 18.8 Å². The predicted octanol–water partition coefficient (Wildman–Crippen LogP) is 4.34. The van der Waals surface area contributed by atoms with Crippen molar-refractivity contribution in [3.63, 3.8) is 0 Å². The molecule has 106 valence electrons. The number of hydrogen-bond acceptors (Lipinski definition) is 1. The first-order valence-corrected chi connectivity index (χ1v) is 8.01. The molecule has 1 aliphatic rings. The SMILES string of the molecule is CCNC(Cc1cccc(C)c1)C1CCC(CC)C1. The Labute approximate surface area is 118 Å². The largest absolute Gasteiger partial charge is 0.314 e. The van der Waals surface area contributed by atoms with E-state index in [1.807, 2.05) is 0 Å². The van der Waals surface area contributed by atoms with Gasteiger partial charge in [0.15, 0.2) is 0 Å². The second-order valence-corrected chi connectivity index (χ2v) is 6.20. The quantitative estimate of drug-likeness (QED) is 0.801. The minimum Gasteiger partial charge on any atom is -0.314 e. The van der Waals surface area contributed by atoms with Crippen LogP contribution in [0.15, 0.2) is 24.3 Å². The molecule has 0 spiro atoms. The fraction of sp³-hybridized carbons (Fsp3) is 0.667. The summed E-state index contributed by atoms with van der Waals surface area (Å²) >= 11 is 0. The van der Waals surface area contributed by atoms with Gasteiger partial charge in [0.1, 0.15) is 0 Å². The lowest BCUT2D eigenvalue weighted by molar-refractivity contribution is 0.349. The molecular formula is C18H29N. The molecule has 1 saturated carbocycles. The average Bonchev–Trinajstić information content (AvgIpc) is 2.87. The number of benzene rings is 1. The molecule has 1 aromatic rings. The molecule has 0 saturated heterocycles. The van der Waals surface area contributed by atoms with E-state index < -0.39 is 0 Å². The van der Waals surface area contributed by atoms with Gasteiger partial charge in [0, 0.05) is 6.04 Å². The van der Waals surface area contributed by atoms with Crippen LogP contribution in [0.2, 0.25) is 0 Å². The fourth-order valence-corrected chi connectivity index (χ4v) is 3.61. The van der Waals surface area contributed by atoms with Crippen LogP contribution in [0.25, 0.3) is 0 Å². The average molecular weight is 259 g/mol. The van der Waals surface area contributed by atoms with Gasteiger partial charge in [0.2, 0.25) is 0 Å². The molecule has 1 aliphatic carbocycles. The van der Waals surface area contributed by atoms with Gasteiger partial charge in [-0.2, -0.15) is 0 Å². The maximum absolute atomic E-state index is 3.74. The minimum absolute atomic E-state index is 0.670. The van der Waals surface area contributed by atoms with Gasteiger partial charge in [-0.05, 0) is 50.1 Å². The summed E-state index contributed by atoms with van der Waals surface area (Å²) in [4.78, 5) is 0. The van der Waals surface area contributed by atoms with Crippen LogP contribution in [0.3, 0.4) is 0 Å². The zero-order chi connectivity index (χ0) is 13.7. The summed E-state index contributed by atoms with van der Waals surface area (Å²) in [6, 6.07) is 9.68. The second-order valence-electron chi connectivity index (χ2n) is 6.20. The van der Waals surface area contributed by atoms with Crippen molar-refractivity contribution in [2.45, 2.75) is 58.9 Å². The maximum Gasteiger partial charge on any atom is 0.0136 e. The number of rotatable bonds is 6. The lowest BCUT2D eigenvalue weighted by atomic mass is 9.90. The number of likely N-dealkylation sites (N-methyl/N-ethyl adjacent to an activating group) is 1. The Morgan fingerprint density at radius 1 is 1.26 bits per heavy atom. The van der Waals surface area contributed by atoms with Gasteiger partial charge in [-0.25, -0.2) is 0 Å². The van der Waals surface area contributed by atoms with E-state index >= 15 is 0 Å². The zero-order valence-corrected chi connectivity index (χ0v) is 12.8. The van der Waals surface area contributed by atoms with Crippen LogP contribution in [0.5, 0.6) is 0 Å². The minimum atomic E-state index is 0.670. The molecule has 0 heterocycles. The maximum atomic E-state index is 3.74. The topological polar surface area (TPSA) is 12.0 Å². The third-order valence-electron chi connectivity index (χ3n) is 4.73. The molecule has 3 atom stereocenters. The molecule has 1 heteroatoms. The van der Waals surface area contributed by atoms with E-state index in [1.165, 1.54) is 43.2 Å². The van der Waals surface area contributed by atoms with Gasteiger partial charge in [-0.3, -0.25) is 0 Å². The van der Waals surface area contributed by atoms with E-state index in [4.69, 9.17) is 0 Å². The molecule has 1 nitrogen and oxygen atoms in total. The van der Waals surface area contributed by atoms with Crippen molar-refractivity contribution in [1.29, 1.82) is 0 Å². The summed E-state index contributed by atoms with van der Waals surface area (Å²) in [6.45, 7) is 7.85. The van der Waals surface area contributed by atoms with Crippen molar-refractivity contribution in [2.24, 2.45) is 11.8 Å². The van der Waals surface area contributed by atoms with Crippen molar-refractivity contribution in [3.05, 3.63) is 35.4 Å². The van der Waals surface area contributed by atoms with Gasteiger partial charge in [0.25, 0.3) is 0 Å². The van der Waals surface area contributed by atoms with Crippen LogP contribution in [-0.4, -0.2) is 12.6 Å². The Morgan fingerprint density at radius 3 is 2.74 bits per heavy atom. The number of nitrogens with one attached hydrogen (secondary N) is 1. The number of hydrogen-bond donors (Lipinski definition) is 1. The molecular weight excluding hydrogens is 230 g/mol. The van der Waals surface area contributed by atoms with Crippen LogP contribution in [-0.2, 0) is 6.42 Å². The van der Waals surface area contributed by atoms with Crippen LogP contribution >= 0.6 is 0 Å². The third kappa shape index (κ3) is 4.07. The van der Waals surface area contributed by atoms with Gasteiger partial charge in [-0.1, -0.05) is 56.5 Å². The molecule has 2 rings (SSSR count). The monoisotopic (exact) mass is 259 g/mol. The summed E-state index contributed by atoms with van der Waals surface area (Å²) in [6.07, 6.45) is 6.84. The van der Waals surface area contributed by atoms with E-state index in [-0.39, 0.29) is 0 Å².